The predicted molar refractivity (Wildman–Crippen MR) is 72.7 cm³/mol. The van der Waals surface area contributed by atoms with Crippen molar-refractivity contribution >= 4 is 39.3 Å². The summed E-state index contributed by atoms with van der Waals surface area (Å²) in [6.07, 6.45) is -1.29. The molecule has 2 rings (SSSR count). The standard InChI is InChI=1S/C12H11BrClFN2O2/c13-9-2-1-6(14)3-8(9)12(19)17-5-7(15)4-10(17)11(16)18/h1-3,7,10H,4-5H2,(H2,16,18)/t7-,10+/m1/s1. The van der Waals surface area contributed by atoms with Crippen molar-refractivity contribution in [3.63, 3.8) is 0 Å². The quantitative estimate of drug-likeness (QED) is 0.889. The minimum absolute atomic E-state index is 0.0563. The predicted octanol–water partition coefficient (Wildman–Crippen LogP) is 2.14. The van der Waals surface area contributed by atoms with Gasteiger partial charge in [0, 0.05) is 15.9 Å². The molecule has 0 saturated carbocycles. The average molecular weight is 350 g/mol. The Morgan fingerprint density at radius 1 is 1.47 bits per heavy atom. The third kappa shape index (κ3) is 2.90. The maximum atomic E-state index is 13.4. The molecule has 0 radical (unpaired) electrons. The number of hydrogen-bond donors (Lipinski definition) is 1. The van der Waals surface area contributed by atoms with Gasteiger partial charge in [0.05, 0.1) is 12.1 Å². The van der Waals surface area contributed by atoms with Crippen molar-refractivity contribution in [1.29, 1.82) is 0 Å². The van der Waals surface area contributed by atoms with Crippen LogP contribution in [0.5, 0.6) is 0 Å². The largest absolute Gasteiger partial charge is 0.368 e. The smallest absolute Gasteiger partial charge is 0.255 e. The van der Waals surface area contributed by atoms with Crippen LogP contribution in [-0.4, -0.2) is 35.5 Å². The summed E-state index contributed by atoms with van der Waals surface area (Å²) in [5, 5.41) is 0.387. The molecule has 1 aromatic carbocycles. The molecule has 4 nitrogen and oxygen atoms in total. The van der Waals surface area contributed by atoms with E-state index < -0.39 is 24.0 Å². The zero-order chi connectivity index (χ0) is 14.2. The van der Waals surface area contributed by atoms with Crippen LogP contribution < -0.4 is 5.73 Å². The lowest BCUT2D eigenvalue weighted by molar-refractivity contribution is -0.121. The van der Waals surface area contributed by atoms with Crippen molar-refractivity contribution < 1.29 is 14.0 Å². The number of benzene rings is 1. The molecule has 0 unspecified atom stereocenters. The number of amides is 2. The SMILES string of the molecule is NC(=O)[C@@H]1C[C@@H](F)CN1C(=O)c1cc(Cl)ccc1Br. The molecule has 0 bridgehead atoms. The fourth-order valence-corrected chi connectivity index (χ4v) is 2.68. The highest BCUT2D eigenvalue weighted by Crippen LogP contribution is 2.27. The first-order chi connectivity index (χ1) is 8.90. The molecular weight excluding hydrogens is 338 g/mol. The van der Waals surface area contributed by atoms with Gasteiger partial charge in [0.15, 0.2) is 0 Å². The van der Waals surface area contributed by atoms with Crippen LogP contribution >= 0.6 is 27.5 Å². The Balaban J connectivity index is 2.33. The number of halogens is 3. The number of alkyl halides is 1. The molecule has 2 atom stereocenters. The van der Waals surface area contributed by atoms with Crippen molar-refractivity contribution in [1.82, 2.24) is 4.90 Å². The lowest BCUT2D eigenvalue weighted by Gasteiger charge is -2.22. The van der Waals surface area contributed by atoms with Crippen LogP contribution in [0.3, 0.4) is 0 Å². The number of carbonyl (C=O) groups excluding carboxylic acids is 2. The van der Waals surface area contributed by atoms with Crippen molar-refractivity contribution in [2.45, 2.75) is 18.6 Å². The minimum Gasteiger partial charge on any atom is -0.368 e. The van der Waals surface area contributed by atoms with E-state index in [9.17, 15) is 14.0 Å². The van der Waals surface area contributed by atoms with E-state index in [2.05, 4.69) is 15.9 Å². The second-order valence-electron chi connectivity index (χ2n) is 4.33. The van der Waals surface area contributed by atoms with Crippen molar-refractivity contribution in [3.05, 3.63) is 33.3 Å². The number of likely N-dealkylation sites (tertiary alicyclic amines) is 1. The van der Waals surface area contributed by atoms with Gasteiger partial charge in [-0.1, -0.05) is 11.6 Å². The summed E-state index contributed by atoms with van der Waals surface area (Å²) in [5.74, 6) is -1.16. The van der Waals surface area contributed by atoms with E-state index in [-0.39, 0.29) is 18.5 Å². The van der Waals surface area contributed by atoms with E-state index in [0.717, 1.165) is 4.90 Å². The number of nitrogens with zero attached hydrogens (tertiary/aromatic N) is 1. The van der Waals surface area contributed by atoms with Crippen LogP contribution in [0, 0.1) is 0 Å². The highest BCUT2D eigenvalue weighted by atomic mass is 79.9. The molecule has 102 valence electrons. The van der Waals surface area contributed by atoms with Gasteiger partial charge < -0.3 is 10.6 Å². The second kappa shape index (κ2) is 5.46. The Kier molecular flexibility index (Phi) is 4.10. The first-order valence-electron chi connectivity index (χ1n) is 5.59. The van der Waals surface area contributed by atoms with Gasteiger partial charge in [-0.25, -0.2) is 4.39 Å². The summed E-state index contributed by atoms with van der Waals surface area (Å²) in [6, 6.07) is 3.80. The Labute approximate surface area is 122 Å². The van der Waals surface area contributed by atoms with Gasteiger partial charge in [-0.05, 0) is 34.1 Å². The highest BCUT2D eigenvalue weighted by Gasteiger charge is 2.39. The molecule has 1 aliphatic heterocycles. The summed E-state index contributed by atoms with van der Waals surface area (Å²) in [5.41, 5.74) is 5.48. The lowest BCUT2D eigenvalue weighted by atomic mass is 10.1. The van der Waals surface area contributed by atoms with E-state index in [1.807, 2.05) is 0 Å². The Morgan fingerprint density at radius 2 is 2.16 bits per heavy atom. The zero-order valence-electron chi connectivity index (χ0n) is 9.78. The molecule has 2 N–H and O–H groups in total. The first kappa shape index (κ1) is 14.3. The molecule has 1 fully saturated rings. The second-order valence-corrected chi connectivity index (χ2v) is 5.62. The van der Waals surface area contributed by atoms with Crippen molar-refractivity contribution in [2.24, 2.45) is 5.73 Å². The Bertz CT molecular complexity index is 540. The van der Waals surface area contributed by atoms with Crippen molar-refractivity contribution in [3.8, 4) is 0 Å². The molecule has 1 heterocycles. The maximum absolute atomic E-state index is 13.4. The molecule has 0 aromatic heterocycles. The average Bonchev–Trinajstić information content (AvgIpc) is 2.74. The van der Waals surface area contributed by atoms with E-state index in [1.54, 1.807) is 12.1 Å². The van der Waals surface area contributed by atoms with Gasteiger partial charge in [-0.2, -0.15) is 0 Å². The van der Waals surface area contributed by atoms with Gasteiger partial charge in [0.2, 0.25) is 5.91 Å². The number of primary amides is 1. The fraction of sp³-hybridized carbons (Fsp3) is 0.333. The molecule has 7 heteroatoms. The van der Waals surface area contributed by atoms with Crippen LogP contribution in [0.15, 0.2) is 22.7 Å². The molecule has 1 aliphatic rings. The molecule has 1 aromatic rings. The van der Waals surface area contributed by atoms with Crippen LogP contribution in [0.4, 0.5) is 4.39 Å². The van der Waals surface area contributed by atoms with Crippen LogP contribution in [-0.2, 0) is 4.79 Å². The third-order valence-corrected chi connectivity index (χ3v) is 3.92. The summed E-state index contributed by atoms with van der Waals surface area (Å²) < 4.78 is 13.9. The highest BCUT2D eigenvalue weighted by molar-refractivity contribution is 9.10. The van der Waals surface area contributed by atoms with Crippen LogP contribution in [0.25, 0.3) is 0 Å². The number of hydrogen-bond acceptors (Lipinski definition) is 2. The van der Waals surface area contributed by atoms with Gasteiger partial charge >= 0.3 is 0 Å². The Morgan fingerprint density at radius 3 is 2.79 bits per heavy atom. The van der Waals surface area contributed by atoms with Gasteiger partial charge in [0.25, 0.3) is 5.91 Å². The van der Waals surface area contributed by atoms with E-state index in [4.69, 9.17) is 17.3 Å². The zero-order valence-corrected chi connectivity index (χ0v) is 12.1. The summed E-state index contributed by atoms with van der Waals surface area (Å²) in [4.78, 5) is 24.8. The number of nitrogens with two attached hydrogens (primary N) is 1. The fourth-order valence-electron chi connectivity index (χ4n) is 2.09. The molecule has 19 heavy (non-hydrogen) atoms. The summed E-state index contributed by atoms with van der Waals surface area (Å²) >= 11 is 9.07. The molecule has 2 amide bonds. The summed E-state index contributed by atoms with van der Waals surface area (Å²) in [6.45, 7) is -0.134. The topological polar surface area (TPSA) is 63.4 Å². The maximum Gasteiger partial charge on any atom is 0.255 e. The molecule has 1 saturated heterocycles. The first-order valence-corrected chi connectivity index (χ1v) is 6.76. The molecule has 0 aliphatic carbocycles. The van der Waals surface area contributed by atoms with Gasteiger partial charge in [-0.3, -0.25) is 9.59 Å². The molecular formula is C12H11BrClFN2O2. The van der Waals surface area contributed by atoms with Crippen LogP contribution in [0.1, 0.15) is 16.8 Å². The van der Waals surface area contributed by atoms with Crippen molar-refractivity contribution in [2.75, 3.05) is 6.54 Å². The number of carbonyl (C=O) groups is 2. The number of rotatable bonds is 2. The molecule has 0 spiro atoms. The van der Waals surface area contributed by atoms with Crippen LogP contribution in [0.2, 0.25) is 5.02 Å². The van der Waals surface area contributed by atoms with Gasteiger partial charge in [0.1, 0.15) is 12.2 Å². The third-order valence-electron chi connectivity index (χ3n) is 3.00. The Hall–Kier alpha value is -1.14. The lowest BCUT2D eigenvalue weighted by Crippen LogP contribution is -2.43. The van der Waals surface area contributed by atoms with E-state index in [1.165, 1.54) is 6.07 Å². The normalized spacial score (nSPS) is 22.6. The summed E-state index contributed by atoms with van der Waals surface area (Å²) in [7, 11) is 0. The van der Waals surface area contributed by atoms with E-state index >= 15 is 0 Å². The monoisotopic (exact) mass is 348 g/mol. The van der Waals surface area contributed by atoms with Gasteiger partial charge in [-0.15, -0.1) is 0 Å². The van der Waals surface area contributed by atoms with E-state index in [0.29, 0.717) is 9.50 Å². The minimum atomic E-state index is -1.24.